The zero-order valence-corrected chi connectivity index (χ0v) is 13.5. The first kappa shape index (κ1) is 15.0. The van der Waals surface area contributed by atoms with Gasteiger partial charge in [0.25, 0.3) is 11.7 Å². The van der Waals surface area contributed by atoms with Gasteiger partial charge in [-0.3, -0.25) is 9.59 Å². The fourth-order valence-corrected chi connectivity index (χ4v) is 3.49. The summed E-state index contributed by atoms with van der Waals surface area (Å²) in [5, 5.41) is 2.67. The van der Waals surface area contributed by atoms with Crippen LogP contribution in [0.3, 0.4) is 0 Å². The molecule has 1 aliphatic carbocycles. The van der Waals surface area contributed by atoms with Gasteiger partial charge < -0.3 is 5.32 Å². The third kappa shape index (κ3) is 2.30. The van der Waals surface area contributed by atoms with Gasteiger partial charge in [-0.05, 0) is 49.4 Å². The number of anilines is 1. The van der Waals surface area contributed by atoms with E-state index in [1.165, 1.54) is 0 Å². The molecule has 1 amide bonds. The van der Waals surface area contributed by atoms with Crippen LogP contribution in [-0.4, -0.2) is 17.6 Å². The third-order valence-corrected chi connectivity index (χ3v) is 5.21. The summed E-state index contributed by atoms with van der Waals surface area (Å²) < 4.78 is 0. The van der Waals surface area contributed by atoms with Crippen LogP contribution in [0.1, 0.15) is 33.5 Å². The number of nitrogens with one attached hydrogen (secondary N) is 1. The van der Waals surface area contributed by atoms with E-state index < -0.39 is 11.7 Å². The number of aryl methyl sites for hydroxylation is 1. The molecule has 0 bridgehead atoms. The maximum Gasteiger partial charge on any atom is 0.296 e. The lowest BCUT2D eigenvalue weighted by molar-refractivity contribution is -0.112. The molecule has 1 aromatic rings. The number of carbonyl (C=O) groups is 2. The minimum absolute atomic E-state index is 0.200. The topological polar surface area (TPSA) is 46.2 Å². The van der Waals surface area contributed by atoms with Gasteiger partial charge in [-0.1, -0.05) is 24.3 Å². The lowest BCUT2D eigenvalue weighted by atomic mass is 9.75. The molecular formula is C18H18ClNO2. The van der Waals surface area contributed by atoms with E-state index in [4.69, 9.17) is 11.6 Å². The Hall–Kier alpha value is -1.87. The summed E-state index contributed by atoms with van der Waals surface area (Å²) in [7, 11) is 0. The summed E-state index contributed by atoms with van der Waals surface area (Å²) >= 11 is 6.24. The Morgan fingerprint density at radius 2 is 2.05 bits per heavy atom. The van der Waals surface area contributed by atoms with Crippen molar-refractivity contribution in [3.8, 4) is 0 Å². The van der Waals surface area contributed by atoms with Gasteiger partial charge in [0.2, 0.25) is 0 Å². The molecule has 1 aliphatic heterocycles. The molecule has 4 heteroatoms. The van der Waals surface area contributed by atoms with Crippen LogP contribution in [0.5, 0.6) is 0 Å². The first-order valence-electron chi connectivity index (χ1n) is 7.36. The summed E-state index contributed by atoms with van der Waals surface area (Å²) in [5.74, 6) is -0.501. The van der Waals surface area contributed by atoms with Gasteiger partial charge in [0.15, 0.2) is 0 Å². The van der Waals surface area contributed by atoms with Gasteiger partial charge in [-0.25, -0.2) is 0 Å². The summed E-state index contributed by atoms with van der Waals surface area (Å²) in [4.78, 5) is 24.0. The van der Waals surface area contributed by atoms with Crippen LogP contribution < -0.4 is 5.32 Å². The molecule has 3 rings (SSSR count). The Balaban J connectivity index is 2.12. The van der Waals surface area contributed by atoms with E-state index in [0.717, 1.165) is 23.1 Å². The van der Waals surface area contributed by atoms with E-state index in [1.54, 1.807) is 0 Å². The lowest BCUT2D eigenvalue weighted by Gasteiger charge is -2.30. The summed E-state index contributed by atoms with van der Waals surface area (Å²) in [6.45, 7) is 4.00. The highest BCUT2D eigenvalue weighted by atomic mass is 35.5. The van der Waals surface area contributed by atoms with E-state index in [9.17, 15) is 9.59 Å². The van der Waals surface area contributed by atoms with Gasteiger partial charge in [0.1, 0.15) is 0 Å². The van der Waals surface area contributed by atoms with Crippen LogP contribution in [0.25, 0.3) is 0 Å². The average molecular weight is 316 g/mol. The molecule has 22 heavy (non-hydrogen) atoms. The van der Waals surface area contributed by atoms with Crippen molar-refractivity contribution in [2.24, 2.45) is 5.41 Å². The zero-order valence-electron chi connectivity index (χ0n) is 12.7. The number of amides is 1. The van der Waals surface area contributed by atoms with Crippen molar-refractivity contribution < 1.29 is 9.59 Å². The van der Waals surface area contributed by atoms with E-state index in [-0.39, 0.29) is 5.41 Å². The SMILES string of the molecule is Cc1cc2c(c(CC3(CCl)C=CC=CC3)c1C)C(=O)C(=O)N2. The number of fused-ring (bicyclic) bond motifs is 1. The Labute approximate surface area is 135 Å². The van der Waals surface area contributed by atoms with Gasteiger partial charge in [-0.2, -0.15) is 0 Å². The van der Waals surface area contributed by atoms with Crippen LogP contribution in [-0.2, 0) is 11.2 Å². The van der Waals surface area contributed by atoms with Crippen molar-refractivity contribution in [1.29, 1.82) is 0 Å². The number of carbonyl (C=O) groups excluding carboxylic acids is 2. The minimum atomic E-state index is -0.541. The molecule has 0 saturated heterocycles. The molecule has 0 saturated carbocycles. The van der Waals surface area contributed by atoms with E-state index in [1.807, 2.05) is 32.1 Å². The number of hydrogen-bond donors (Lipinski definition) is 1. The number of rotatable bonds is 3. The van der Waals surface area contributed by atoms with Gasteiger partial charge in [0, 0.05) is 11.3 Å². The number of allylic oxidation sites excluding steroid dienone is 4. The first-order chi connectivity index (χ1) is 10.5. The Morgan fingerprint density at radius 3 is 2.68 bits per heavy atom. The molecule has 114 valence electrons. The minimum Gasteiger partial charge on any atom is -0.318 e. The van der Waals surface area contributed by atoms with Crippen LogP contribution in [0, 0.1) is 19.3 Å². The normalized spacial score (nSPS) is 22.9. The number of ketones is 1. The third-order valence-electron chi connectivity index (χ3n) is 4.67. The fraction of sp³-hybridized carbons (Fsp3) is 0.333. The van der Waals surface area contributed by atoms with Gasteiger partial charge in [0.05, 0.1) is 11.3 Å². The van der Waals surface area contributed by atoms with Crippen molar-refractivity contribution in [3.63, 3.8) is 0 Å². The van der Waals surface area contributed by atoms with Crippen molar-refractivity contribution >= 4 is 29.0 Å². The molecular weight excluding hydrogens is 298 g/mol. The molecule has 0 spiro atoms. The second kappa shape index (κ2) is 5.40. The summed E-state index contributed by atoms with van der Waals surface area (Å²) in [6, 6.07) is 1.88. The number of benzene rings is 1. The molecule has 0 aromatic heterocycles. The predicted octanol–water partition coefficient (Wildman–Crippen LogP) is 3.72. The second-order valence-corrected chi connectivity index (χ2v) is 6.43. The maximum absolute atomic E-state index is 12.2. The van der Waals surface area contributed by atoms with Crippen LogP contribution >= 0.6 is 11.6 Å². The largest absolute Gasteiger partial charge is 0.318 e. The molecule has 1 atom stereocenters. The van der Waals surface area contributed by atoms with Crippen molar-refractivity contribution in [3.05, 3.63) is 52.6 Å². The van der Waals surface area contributed by atoms with Crippen molar-refractivity contribution in [2.75, 3.05) is 11.2 Å². The number of hydrogen-bond acceptors (Lipinski definition) is 2. The smallest absolute Gasteiger partial charge is 0.296 e. The van der Waals surface area contributed by atoms with E-state index >= 15 is 0 Å². The number of alkyl halides is 1. The lowest BCUT2D eigenvalue weighted by Crippen LogP contribution is -2.26. The van der Waals surface area contributed by atoms with Crippen LogP contribution in [0.15, 0.2) is 30.4 Å². The Bertz CT molecular complexity index is 733. The van der Waals surface area contributed by atoms with Crippen LogP contribution in [0.4, 0.5) is 5.69 Å². The summed E-state index contributed by atoms with van der Waals surface area (Å²) in [6.07, 6.45) is 9.72. The van der Waals surface area contributed by atoms with Crippen molar-refractivity contribution in [2.45, 2.75) is 26.7 Å². The van der Waals surface area contributed by atoms with E-state index in [0.29, 0.717) is 23.6 Å². The molecule has 2 aliphatic rings. The van der Waals surface area contributed by atoms with Crippen LogP contribution in [0.2, 0.25) is 0 Å². The van der Waals surface area contributed by atoms with Crippen molar-refractivity contribution in [1.82, 2.24) is 0 Å². The average Bonchev–Trinajstić information content (AvgIpc) is 2.79. The highest BCUT2D eigenvalue weighted by Crippen LogP contribution is 2.39. The van der Waals surface area contributed by atoms with Gasteiger partial charge >= 0.3 is 0 Å². The molecule has 3 nitrogen and oxygen atoms in total. The molecule has 0 radical (unpaired) electrons. The molecule has 0 fully saturated rings. The Morgan fingerprint density at radius 1 is 1.27 bits per heavy atom. The second-order valence-electron chi connectivity index (χ2n) is 6.17. The quantitative estimate of drug-likeness (QED) is 0.682. The molecule has 1 aromatic carbocycles. The molecule has 1 heterocycles. The number of Topliss-reactive ketones (excluding diaryl/α,β-unsaturated/α-hetero) is 1. The summed E-state index contributed by atoms with van der Waals surface area (Å²) in [5.41, 5.74) is 4.04. The Kier molecular flexibility index (Phi) is 3.69. The molecule has 1 unspecified atom stereocenters. The van der Waals surface area contributed by atoms with E-state index in [2.05, 4.69) is 17.5 Å². The fourth-order valence-electron chi connectivity index (χ4n) is 3.20. The number of halogens is 1. The zero-order chi connectivity index (χ0) is 15.9. The predicted molar refractivity (Wildman–Crippen MR) is 88.6 cm³/mol. The van der Waals surface area contributed by atoms with Gasteiger partial charge in [-0.15, -0.1) is 11.6 Å². The highest BCUT2D eigenvalue weighted by molar-refractivity contribution is 6.52. The first-order valence-corrected chi connectivity index (χ1v) is 7.90. The standard InChI is InChI=1S/C18H18ClNO2/c1-11-8-14-15(16(21)17(22)20-14)13(12(11)2)9-18(10-19)6-4-3-5-7-18/h3-6,8H,7,9-10H2,1-2H3,(H,20,21,22). The monoisotopic (exact) mass is 315 g/mol. The highest BCUT2D eigenvalue weighted by Gasteiger charge is 2.35. The maximum atomic E-state index is 12.2. The molecule has 1 N–H and O–H groups in total.